The van der Waals surface area contributed by atoms with Crippen molar-refractivity contribution in [2.75, 3.05) is 20.7 Å². The summed E-state index contributed by atoms with van der Waals surface area (Å²) in [5.74, 6) is -0.0406. The molecule has 106 valence electrons. The summed E-state index contributed by atoms with van der Waals surface area (Å²) in [7, 11) is 4.02. The van der Waals surface area contributed by atoms with E-state index in [-0.39, 0.29) is 24.5 Å². The molecule has 2 atom stereocenters. The van der Waals surface area contributed by atoms with Gasteiger partial charge >= 0.3 is 0 Å². The zero-order valence-corrected chi connectivity index (χ0v) is 12.2. The topological polar surface area (TPSA) is 52.6 Å². The fourth-order valence-corrected chi connectivity index (χ4v) is 1.72. The summed E-state index contributed by atoms with van der Waals surface area (Å²) in [5.41, 5.74) is 1.83. The molecule has 0 fully saturated rings. The number of aliphatic hydroxyl groups excluding tert-OH is 1. The summed E-state index contributed by atoms with van der Waals surface area (Å²) in [6.07, 6.45) is 0. The second kappa shape index (κ2) is 7.26. The smallest absolute Gasteiger partial charge is 0.251 e. The first-order chi connectivity index (χ1) is 8.93. The van der Waals surface area contributed by atoms with Crippen LogP contribution in [-0.2, 0) is 6.54 Å². The number of carbonyl (C=O) groups is 1. The molecule has 0 aromatic heterocycles. The van der Waals surface area contributed by atoms with Crippen molar-refractivity contribution in [1.29, 1.82) is 0 Å². The van der Waals surface area contributed by atoms with Gasteiger partial charge in [-0.25, -0.2) is 0 Å². The average Bonchev–Trinajstić information content (AvgIpc) is 2.37. The third-order valence-corrected chi connectivity index (χ3v) is 3.22. The number of amides is 1. The van der Waals surface area contributed by atoms with Crippen LogP contribution in [0.15, 0.2) is 24.3 Å². The summed E-state index contributed by atoms with van der Waals surface area (Å²) in [5, 5.41) is 12.0. The highest BCUT2D eigenvalue weighted by atomic mass is 16.3. The van der Waals surface area contributed by atoms with Crippen LogP contribution in [-0.4, -0.2) is 42.7 Å². The third-order valence-electron chi connectivity index (χ3n) is 3.22. The lowest BCUT2D eigenvalue weighted by Crippen LogP contribution is -2.38. The zero-order valence-electron chi connectivity index (χ0n) is 12.2. The van der Waals surface area contributed by atoms with Gasteiger partial charge in [-0.3, -0.25) is 4.79 Å². The number of rotatable bonds is 6. The molecule has 0 aliphatic carbocycles. The summed E-state index contributed by atoms with van der Waals surface area (Å²) >= 11 is 0. The highest BCUT2D eigenvalue weighted by molar-refractivity contribution is 5.94. The van der Waals surface area contributed by atoms with Crippen molar-refractivity contribution in [1.82, 2.24) is 10.2 Å². The quantitative estimate of drug-likeness (QED) is 0.818. The molecule has 4 nitrogen and oxygen atoms in total. The molecule has 2 N–H and O–H groups in total. The molecule has 0 heterocycles. The number of benzene rings is 1. The Morgan fingerprint density at radius 3 is 2.32 bits per heavy atom. The van der Waals surface area contributed by atoms with Crippen LogP contribution in [0, 0.1) is 5.92 Å². The molecule has 0 aliphatic heterocycles. The number of nitrogens with one attached hydrogen (secondary N) is 1. The Morgan fingerprint density at radius 2 is 1.84 bits per heavy atom. The van der Waals surface area contributed by atoms with Gasteiger partial charge in [0.1, 0.15) is 0 Å². The molecule has 0 spiro atoms. The number of aliphatic hydroxyl groups is 1. The van der Waals surface area contributed by atoms with E-state index in [9.17, 15) is 4.79 Å². The molecule has 0 radical (unpaired) electrons. The third kappa shape index (κ3) is 5.01. The van der Waals surface area contributed by atoms with E-state index < -0.39 is 0 Å². The molecule has 19 heavy (non-hydrogen) atoms. The van der Waals surface area contributed by atoms with E-state index in [2.05, 4.69) is 10.2 Å². The fourth-order valence-electron chi connectivity index (χ4n) is 1.72. The molecule has 1 aromatic rings. The van der Waals surface area contributed by atoms with Crippen molar-refractivity contribution in [2.24, 2.45) is 5.92 Å². The molecule has 1 amide bonds. The summed E-state index contributed by atoms with van der Waals surface area (Å²) in [6, 6.07) is 7.57. The Kier molecular flexibility index (Phi) is 5.99. The lowest BCUT2D eigenvalue weighted by atomic mass is 10.0. The SMILES string of the molecule is CC(CO)C(C)NC(=O)c1ccc(CN(C)C)cc1. The molecule has 1 rings (SSSR count). The Morgan fingerprint density at radius 1 is 1.26 bits per heavy atom. The van der Waals surface area contributed by atoms with Gasteiger partial charge in [0.15, 0.2) is 0 Å². The van der Waals surface area contributed by atoms with Crippen LogP contribution >= 0.6 is 0 Å². The van der Waals surface area contributed by atoms with Crippen LogP contribution in [0.2, 0.25) is 0 Å². The van der Waals surface area contributed by atoms with Gasteiger partial charge < -0.3 is 15.3 Å². The lowest BCUT2D eigenvalue weighted by molar-refractivity contribution is 0.0916. The molecule has 0 saturated carbocycles. The van der Waals surface area contributed by atoms with E-state index in [1.807, 2.05) is 52.2 Å². The summed E-state index contributed by atoms with van der Waals surface area (Å²) in [6.45, 7) is 4.74. The van der Waals surface area contributed by atoms with Crippen LogP contribution < -0.4 is 5.32 Å². The van der Waals surface area contributed by atoms with E-state index in [4.69, 9.17) is 5.11 Å². The van der Waals surface area contributed by atoms with Crippen LogP contribution in [0.4, 0.5) is 0 Å². The Balaban J connectivity index is 2.62. The minimum atomic E-state index is -0.0933. The monoisotopic (exact) mass is 264 g/mol. The first kappa shape index (κ1) is 15.7. The highest BCUT2D eigenvalue weighted by Crippen LogP contribution is 2.08. The maximum Gasteiger partial charge on any atom is 0.251 e. The number of carbonyl (C=O) groups excluding carboxylic acids is 1. The van der Waals surface area contributed by atoms with Crippen LogP contribution in [0.3, 0.4) is 0 Å². The average molecular weight is 264 g/mol. The number of hydrogen-bond acceptors (Lipinski definition) is 3. The maximum atomic E-state index is 12.0. The maximum absolute atomic E-state index is 12.0. The zero-order chi connectivity index (χ0) is 14.4. The second-order valence-corrected chi connectivity index (χ2v) is 5.36. The van der Waals surface area contributed by atoms with Crippen molar-refractivity contribution in [2.45, 2.75) is 26.4 Å². The standard InChI is InChI=1S/C15H24N2O2/c1-11(10-18)12(2)16-15(19)14-7-5-13(6-8-14)9-17(3)4/h5-8,11-12,18H,9-10H2,1-4H3,(H,16,19). The first-order valence-electron chi connectivity index (χ1n) is 6.59. The van der Waals surface area contributed by atoms with E-state index >= 15 is 0 Å². The minimum Gasteiger partial charge on any atom is -0.396 e. The van der Waals surface area contributed by atoms with Gasteiger partial charge in [-0.2, -0.15) is 0 Å². The van der Waals surface area contributed by atoms with Gasteiger partial charge in [-0.1, -0.05) is 19.1 Å². The normalized spacial score (nSPS) is 14.2. The molecule has 0 aliphatic rings. The minimum absolute atomic E-state index is 0.0426. The van der Waals surface area contributed by atoms with Crippen molar-refractivity contribution >= 4 is 5.91 Å². The van der Waals surface area contributed by atoms with Gasteiger partial charge in [0.05, 0.1) is 0 Å². The molecular formula is C15H24N2O2. The van der Waals surface area contributed by atoms with E-state index in [1.54, 1.807) is 0 Å². The van der Waals surface area contributed by atoms with Gasteiger partial charge in [0, 0.05) is 24.8 Å². The van der Waals surface area contributed by atoms with Gasteiger partial charge in [0.2, 0.25) is 0 Å². The van der Waals surface area contributed by atoms with E-state index in [0.29, 0.717) is 5.56 Å². The van der Waals surface area contributed by atoms with E-state index in [1.165, 1.54) is 5.56 Å². The Labute approximate surface area is 115 Å². The lowest BCUT2D eigenvalue weighted by Gasteiger charge is -2.19. The van der Waals surface area contributed by atoms with Gasteiger partial charge in [0.25, 0.3) is 5.91 Å². The number of nitrogens with zero attached hydrogens (tertiary/aromatic N) is 1. The largest absolute Gasteiger partial charge is 0.396 e. The molecule has 2 unspecified atom stereocenters. The fraction of sp³-hybridized carbons (Fsp3) is 0.533. The summed E-state index contributed by atoms with van der Waals surface area (Å²) in [4.78, 5) is 14.1. The Bertz CT molecular complexity index is 401. The molecule has 4 heteroatoms. The van der Waals surface area contributed by atoms with Crippen LogP contribution in [0.1, 0.15) is 29.8 Å². The van der Waals surface area contributed by atoms with Crippen molar-refractivity contribution in [3.8, 4) is 0 Å². The van der Waals surface area contributed by atoms with Crippen molar-refractivity contribution in [3.63, 3.8) is 0 Å². The Hall–Kier alpha value is -1.39. The predicted molar refractivity (Wildman–Crippen MR) is 77.0 cm³/mol. The van der Waals surface area contributed by atoms with Crippen LogP contribution in [0.25, 0.3) is 0 Å². The second-order valence-electron chi connectivity index (χ2n) is 5.36. The van der Waals surface area contributed by atoms with Gasteiger partial charge in [-0.15, -0.1) is 0 Å². The number of hydrogen-bond donors (Lipinski definition) is 2. The first-order valence-corrected chi connectivity index (χ1v) is 6.59. The highest BCUT2D eigenvalue weighted by Gasteiger charge is 2.14. The van der Waals surface area contributed by atoms with E-state index in [0.717, 1.165) is 6.54 Å². The molecule has 1 aromatic carbocycles. The van der Waals surface area contributed by atoms with Gasteiger partial charge in [-0.05, 0) is 44.6 Å². The molecule has 0 saturated heterocycles. The van der Waals surface area contributed by atoms with Crippen molar-refractivity contribution < 1.29 is 9.90 Å². The van der Waals surface area contributed by atoms with Crippen LogP contribution in [0.5, 0.6) is 0 Å². The van der Waals surface area contributed by atoms with Crippen molar-refractivity contribution in [3.05, 3.63) is 35.4 Å². The predicted octanol–water partition coefficient (Wildman–Crippen LogP) is 1.49. The summed E-state index contributed by atoms with van der Waals surface area (Å²) < 4.78 is 0. The molecular weight excluding hydrogens is 240 g/mol. The molecule has 0 bridgehead atoms.